The maximum Gasteiger partial charge on any atom is 0.239 e. The number of carbonyl (C=O) groups is 1. The smallest absolute Gasteiger partial charge is 0.239 e. The molecule has 19 heavy (non-hydrogen) atoms. The number of hydrogen-bond donors (Lipinski definition) is 1. The van der Waals surface area contributed by atoms with Gasteiger partial charge in [-0.2, -0.15) is 0 Å². The van der Waals surface area contributed by atoms with Crippen LogP contribution in [0.4, 0.5) is 10.1 Å². The quantitative estimate of drug-likeness (QED) is 0.731. The number of anilines is 1. The number of halogens is 1. The van der Waals surface area contributed by atoms with Crippen molar-refractivity contribution in [1.29, 1.82) is 0 Å². The highest BCUT2D eigenvalue weighted by Crippen LogP contribution is 2.13. The molecule has 0 atom stereocenters. The second-order valence-electron chi connectivity index (χ2n) is 4.19. The van der Waals surface area contributed by atoms with E-state index < -0.39 is 0 Å². The number of ether oxygens (including phenoxy) is 1. The Morgan fingerprint density at radius 2 is 2.05 bits per heavy atom. The van der Waals surface area contributed by atoms with Crippen LogP contribution in [0, 0.1) is 5.82 Å². The molecule has 0 spiro atoms. The molecule has 0 saturated heterocycles. The van der Waals surface area contributed by atoms with Gasteiger partial charge in [0.05, 0.1) is 6.54 Å². The molecule has 0 saturated carbocycles. The number of nitrogens with zero attached hydrogens (tertiary/aromatic N) is 1. The van der Waals surface area contributed by atoms with Crippen LogP contribution in [-0.2, 0) is 9.53 Å². The molecule has 1 amide bonds. The number of benzene rings is 1. The lowest BCUT2D eigenvalue weighted by Gasteiger charge is -2.22. The first kappa shape index (κ1) is 15.4. The second-order valence-corrected chi connectivity index (χ2v) is 4.19. The van der Waals surface area contributed by atoms with Crippen molar-refractivity contribution in [1.82, 2.24) is 5.32 Å². The molecule has 5 heteroatoms. The van der Waals surface area contributed by atoms with Gasteiger partial charge in [-0.3, -0.25) is 4.79 Å². The summed E-state index contributed by atoms with van der Waals surface area (Å²) in [5.74, 6) is -0.314. The summed E-state index contributed by atoms with van der Waals surface area (Å²) in [6, 6.07) is 6.15. The maximum atomic E-state index is 12.8. The zero-order valence-corrected chi connectivity index (χ0v) is 11.5. The van der Waals surface area contributed by atoms with Crippen LogP contribution in [0.25, 0.3) is 0 Å². The molecule has 0 heterocycles. The second kappa shape index (κ2) is 8.48. The predicted octanol–water partition coefficient (Wildman–Crippen LogP) is 1.80. The number of nitrogens with one attached hydrogen (secondary N) is 1. The minimum Gasteiger partial charge on any atom is -0.385 e. The van der Waals surface area contributed by atoms with Gasteiger partial charge < -0.3 is 15.0 Å². The van der Waals surface area contributed by atoms with Gasteiger partial charge in [0.1, 0.15) is 5.82 Å². The fourth-order valence-corrected chi connectivity index (χ4v) is 1.71. The SMILES string of the molecule is CCN(CC(=O)NCCCOC)c1ccc(F)cc1. The van der Waals surface area contributed by atoms with Crippen LogP contribution in [-0.4, -0.2) is 39.3 Å². The van der Waals surface area contributed by atoms with Gasteiger partial charge in [-0.25, -0.2) is 4.39 Å². The lowest BCUT2D eigenvalue weighted by atomic mass is 10.2. The van der Waals surface area contributed by atoms with Crippen molar-refractivity contribution < 1.29 is 13.9 Å². The zero-order valence-electron chi connectivity index (χ0n) is 11.5. The lowest BCUT2D eigenvalue weighted by molar-refractivity contribution is -0.119. The van der Waals surface area contributed by atoms with Crippen LogP contribution in [0.2, 0.25) is 0 Å². The highest BCUT2D eigenvalue weighted by Gasteiger charge is 2.09. The highest BCUT2D eigenvalue weighted by molar-refractivity contribution is 5.81. The summed E-state index contributed by atoms with van der Waals surface area (Å²) in [4.78, 5) is 13.6. The Labute approximate surface area is 113 Å². The summed E-state index contributed by atoms with van der Waals surface area (Å²) in [7, 11) is 1.63. The van der Waals surface area contributed by atoms with Crippen molar-refractivity contribution in [3.8, 4) is 0 Å². The monoisotopic (exact) mass is 268 g/mol. The molecule has 0 aromatic heterocycles. The minimum absolute atomic E-state index is 0.0396. The van der Waals surface area contributed by atoms with Crippen molar-refractivity contribution >= 4 is 11.6 Å². The fourth-order valence-electron chi connectivity index (χ4n) is 1.71. The van der Waals surface area contributed by atoms with Gasteiger partial charge in [0.15, 0.2) is 0 Å². The van der Waals surface area contributed by atoms with E-state index in [0.717, 1.165) is 12.1 Å². The number of methoxy groups -OCH3 is 1. The molecule has 0 aliphatic carbocycles. The molecule has 0 bridgehead atoms. The molecule has 1 aromatic rings. The van der Waals surface area contributed by atoms with Gasteiger partial charge in [0.25, 0.3) is 0 Å². The van der Waals surface area contributed by atoms with Crippen molar-refractivity contribution in [2.75, 3.05) is 38.3 Å². The van der Waals surface area contributed by atoms with E-state index in [0.29, 0.717) is 19.7 Å². The van der Waals surface area contributed by atoms with Crippen LogP contribution in [0.5, 0.6) is 0 Å². The van der Waals surface area contributed by atoms with Crippen LogP contribution >= 0.6 is 0 Å². The summed E-state index contributed by atoms with van der Waals surface area (Å²) >= 11 is 0. The van der Waals surface area contributed by atoms with Crippen molar-refractivity contribution in [3.05, 3.63) is 30.1 Å². The molecule has 0 radical (unpaired) electrons. The molecular formula is C14H21FN2O2. The van der Waals surface area contributed by atoms with Gasteiger partial charge in [-0.15, -0.1) is 0 Å². The number of rotatable bonds is 8. The normalized spacial score (nSPS) is 10.3. The third kappa shape index (κ3) is 5.70. The van der Waals surface area contributed by atoms with Gasteiger partial charge >= 0.3 is 0 Å². The third-order valence-electron chi connectivity index (χ3n) is 2.76. The molecule has 0 unspecified atom stereocenters. The summed E-state index contributed by atoms with van der Waals surface area (Å²) in [6.45, 7) is 4.16. The largest absolute Gasteiger partial charge is 0.385 e. The number of carbonyl (C=O) groups excluding carboxylic acids is 1. The van der Waals surface area contributed by atoms with Crippen molar-refractivity contribution in [2.24, 2.45) is 0 Å². The van der Waals surface area contributed by atoms with Crippen LogP contribution < -0.4 is 10.2 Å². The molecule has 1 aromatic carbocycles. The van der Waals surface area contributed by atoms with E-state index in [4.69, 9.17) is 4.74 Å². The Balaban J connectivity index is 2.43. The highest BCUT2D eigenvalue weighted by atomic mass is 19.1. The van der Waals surface area contributed by atoms with Crippen molar-refractivity contribution in [2.45, 2.75) is 13.3 Å². The Morgan fingerprint density at radius 1 is 1.37 bits per heavy atom. The molecular weight excluding hydrogens is 247 g/mol. The molecule has 106 valence electrons. The third-order valence-corrected chi connectivity index (χ3v) is 2.76. The molecule has 0 aliphatic heterocycles. The summed E-state index contributed by atoms with van der Waals surface area (Å²) in [5.41, 5.74) is 0.843. The summed E-state index contributed by atoms with van der Waals surface area (Å²) in [6.07, 6.45) is 0.797. The number of likely N-dealkylation sites (N-methyl/N-ethyl adjacent to an activating group) is 1. The standard InChI is InChI=1S/C14H21FN2O2/c1-3-17(13-7-5-12(15)6-8-13)11-14(18)16-9-4-10-19-2/h5-8H,3-4,9-11H2,1-2H3,(H,16,18). The minimum atomic E-state index is -0.274. The average Bonchev–Trinajstić information content (AvgIpc) is 2.42. The first-order valence-electron chi connectivity index (χ1n) is 6.43. The van der Waals surface area contributed by atoms with Gasteiger partial charge in [-0.1, -0.05) is 0 Å². The first-order valence-corrected chi connectivity index (χ1v) is 6.43. The van der Waals surface area contributed by atoms with Crippen molar-refractivity contribution in [3.63, 3.8) is 0 Å². The van der Waals surface area contributed by atoms with E-state index in [9.17, 15) is 9.18 Å². The zero-order chi connectivity index (χ0) is 14.1. The van der Waals surface area contributed by atoms with Gasteiger partial charge in [0.2, 0.25) is 5.91 Å². The summed E-state index contributed by atoms with van der Waals surface area (Å²) < 4.78 is 17.8. The van der Waals surface area contributed by atoms with E-state index in [1.807, 2.05) is 11.8 Å². The molecule has 1 N–H and O–H groups in total. The topological polar surface area (TPSA) is 41.6 Å². The van der Waals surface area contributed by atoms with Gasteiger partial charge in [0, 0.05) is 32.5 Å². The van der Waals surface area contributed by atoms with E-state index in [-0.39, 0.29) is 18.3 Å². The Kier molecular flexibility index (Phi) is 6.89. The predicted molar refractivity (Wildman–Crippen MR) is 73.8 cm³/mol. The molecule has 1 rings (SSSR count). The number of amides is 1. The average molecular weight is 268 g/mol. The Bertz CT molecular complexity index is 382. The Morgan fingerprint density at radius 3 is 2.63 bits per heavy atom. The van der Waals surface area contributed by atoms with Crippen LogP contribution in [0.1, 0.15) is 13.3 Å². The number of hydrogen-bond acceptors (Lipinski definition) is 3. The maximum absolute atomic E-state index is 12.8. The first-order chi connectivity index (χ1) is 9.17. The Hall–Kier alpha value is -1.62. The van der Waals surface area contributed by atoms with E-state index in [2.05, 4.69) is 5.32 Å². The fraction of sp³-hybridized carbons (Fsp3) is 0.500. The van der Waals surface area contributed by atoms with E-state index in [1.54, 1.807) is 19.2 Å². The van der Waals surface area contributed by atoms with Crippen LogP contribution in [0.3, 0.4) is 0 Å². The lowest BCUT2D eigenvalue weighted by Crippen LogP contribution is -2.37. The molecule has 0 fully saturated rings. The van der Waals surface area contributed by atoms with E-state index >= 15 is 0 Å². The molecule has 4 nitrogen and oxygen atoms in total. The van der Waals surface area contributed by atoms with Crippen LogP contribution in [0.15, 0.2) is 24.3 Å². The van der Waals surface area contributed by atoms with E-state index in [1.165, 1.54) is 12.1 Å². The summed E-state index contributed by atoms with van der Waals surface area (Å²) in [5, 5.41) is 2.83. The molecule has 0 aliphatic rings. The van der Waals surface area contributed by atoms with Gasteiger partial charge in [-0.05, 0) is 37.6 Å².